The van der Waals surface area contributed by atoms with Crippen molar-refractivity contribution in [3.63, 3.8) is 0 Å². The van der Waals surface area contributed by atoms with Gasteiger partial charge in [0.05, 0.1) is 81.9 Å². The molecule has 5 saturated heterocycles. The zero-order valence-corrected chi connectivity index (χ0v) is 74.6. The van der Waals surface area contributed by atoms with Gasteiger partial charge in [0.15, 0.2) is 31.5 Å². The molecule has 0 bridgehead atoms. The number of hydrogen-bond donors (Lipinski definition) is 23. The average molecular weight is 1760 g/mol. The predicted molar refractivity (Wildman–Crippen MR) is 437 cm³/mol. The van der Waals surface area contributed by atoms with Gasteiger partial charge in [0.25, 0.3) is 0 Å². The Hall–Kier alpha value is -1.84. The molecule has 13 aliphatic rings. The minimum Gasteiger partial charge on any atom is -0.394 e. The van der Waals surface area contributed by atoms with E-state index in [0.717, 1.165) is 101 Å². The van der Waals surface area contributed by atoms with Gasteiger partial charge in [-0.1, -0.05) is 81.4 Å². The highest BCUT2D eigenvalue weighted by atomic mass is 16.8. The lowest BCUT2D eigenvalue weighted by Crippen LogP contribution is -2.67. The molecule has 123 heavy (non-hydrogen) atoms. The molecule has 712 valence electrons. The zero-order chi connectivity index (χ0) is 90.7. The van der Waals surface area contributed by atoms with Gasteiger partial charge < -0.3 is 165 Å². The Morgan fingerprint density at radius 3 is 0.992 bits per heavy atom. The minimum atomic E-state index is -1.84. The van der Waals surface area contributed by atoms with Crippen LogP contribution in [0.15, 0.2) is 23.3 Å². The molecule has 0 radical (unpaired) electrons. The fraction of sp³-hybridized carbons (Fsp3) is 0.956. The standard InChI is InChI=1S/C48H82O19.C42H72O14/c1-44(2)28-13-17-48(7)29(10-9-24-23(12-16-47(24,48)6)22(18-49)8-11-30(52)45(3,4)61)46(28,5)15-14-31(44)66-43-40(67-42-39(60)36(57)33(54)26(20-51)64-42)37(58)34(55)27(65-43)21-62-41-38(59)35(56)32(53)25(19-50)63-41;1-38(2)26-13-17-42(7)27(10-9-23-22(12-16-41(23,42)6)21(18-43)8-11-28(46)39(3,4)52)40(26,5)15-14-29(38)55-37-35(33(50)31(48)25(20-45)54-37)56-36-34(51)32(49)30(47)24(19-44)53-36/h8,23-43,49-61H,9-21H2,1-7H3;8,22-37,43-52H,9-20H2,1-7H3/b22-8+;21-8+/t23-,24-,25-,26-,27-,28+,29-,30?,31+,32-,33-,34-,35+,36+,37+,38-,39-,40-,41?,42?,43+,46+,47-,48-;22-,23-,24-,25-,26+,27-,28?,29+,30-,31-,32+,33+,34-,35-,36?,37+,40+,41-,42-/m11/s1. The summed E-state index contributed by atoms with van der Waals surface area (Å²) in [4.78, 5) is 0. The number of aliphatic hydroxyl groups excluding tert-OH is 21. The fourth-order valence-corrected chi connectivity index (χ4v) is 27.6. The number of aliphatic hydroxyl groups is 23. The monoisotopic (exact) mass is 1760 g/mol. The summed E-state index contributed by atoms with van der Waals surface area (Å²) >= 11 is 0. The van der Waals surface area contributed by atoms with E-state index in [1.807, 2.05) is 12.2 Å². The highest BCUT2D eigenvalue weighted by molar-refractivity contribution is 5.25. The first-order valence-corrected chi connectivity index (χ1v) is 45.6. The SMILES string of the molecule is CC(C)(O)C(O)C/C=C(\CO)[C@H]1CC[C@]2(C)[C@@H]1CC[C@@H]1[C@@]3(C)CC[C@H](O[C@@H]4O[C@H](CO)[C@@H](O)[C@H](O)[C@H]4OC4O[C@H](CO)[C@@H](O)[C@H](O)[C@H]4O)C(C)(C)[C@@H]3CC[C@]12C.CC(C)(O)C(O)C/C=C(\CO)[C@H]1CC[C@]2(C)[C@@H]1CC[C@@H]1[C@@]3(C)CC[C@H](O[C@@H]4O[C@H](COC5O[C@H](CO)[C@@H](O)[C@H](O)[C@H]5O)[C@@H](O)[C@H](O)[C@H]4OC4O[C@H](CO)[C@@H](O)[C@H](O)[C@H]4O)C(C)(C)[C@@H]3CC[C@]12C. The lowest BCUT2D eigenvalue weighted by atomic mass is 9.35. The molecule has 13 rings (SSSR count). The van der Waals surface area contributed by atoms with Crippen LogP contribution in [0, 0.1) is 90.7 Å². The summed E-state index contributed by atoms with van der Waals surface area (Å²) in [5.41, 5.74) is -1.49. The number of fused-ring (bicyclic) bond motifs is 10. The van der Waals surface area contributed by atoms with Crippen molar-refractivity contribution in [1.29, 1.82) is 0 Å². The van der Waals surface area contributed by atoms with Crippen molar-refractivity contribution in [2.24, 2.45) is 90.7 Å². The summed E-state index contributed by atoms with van der Waals surface area (Å²) in [6, 6.07) is 0. The molecule has 0 amide bonds. The van der Waals surface area contributed by atoms with Crippen LogP contribution < -0.4 is 0 Å². The predicted octanol–water partition coefficient (Wildman–Crippen LogP) is 0.0670. The summed E-state index contributed by atoms with van der Waals surface area (Å²) in [5, 5.41) is 242. The van der Waals surface area contributed by atoms with E-state index in [4.69, 9.17) is 47.4 Å². The summed E-state index contributed by atoms with van der Waals surface area (Å²) in [7, 11) is 0. The van der Waals surface area contributed by atoms with E-state index in [1.165, 1.54) is 0 Å². The Bertz CT molecular complexity index is 3520. The van der Waals surface area contributed by atoms with Crippen LogP contribution in [0.5, 0.6) is 0 Å². The van der Waals surface area contributed by atoms with Gasteiger partial charge in [-0.3, -0.25) is 0 Å². The molecule has 8 saturated carbocycles. The molecule has 33 nitrogen and oxygen atoms in total. The van der Waals surface area contributed by atoms with Crippen LogP contribution >= 0.6 is 0 Å². The Kier molecular flexibility index (Phi) is 30.9. The second-order valence-electron chi connectivity index (χ2n) is 43.1. The first kappa shape index (κ1) is 100. The summed E-state index contributed by atoms with van der Waals surface area (Å²) in [6.45, 7) is 26.5. The van der Waals surface area contributed by atoms with Gasteiger partial charge in [0, 0.05) is 0 Å². The second kappa shape index (κ2) is 37.9. The van der Waals surface area contributed by atoms with Crippen molar-refractivity contribution in [1.82, 2.24) is 0 Å². The van der Waals surface area contributed by atoms with Crippen molar-refractivity contribution in [3.8, 4) is 0 Å². The van der Waals surface area contributed by atoms with Gasteiger partial charge in [-0.2, -0.15) is 0 Å². The molecular formula is C90H154O33. The topological polar surface area (TPSA) is 558 Å². The van der Waals surface area contributed by atoms with Crippen LogP contribution in [0.4, 0.5) is 0 Å². The lowest BCUT2D eigenvalue weighted by Gasteiger charge is -2.70. The summed E-state index contributed by atoms with van der Waals surface area (Å²) in [5.74, 6) is 2.40. The smallest absolute Gasteiger partial charge is 0.187 e. The number of rotatable bonds is 25. The van der Waals surface area contributed by atoms with Crippen molar-refractivity contribution in [3.05, 3.63) is 23.3 Å². The van der Waals surface area contributed by atoms with Crippen molar-refractivity contribution < 1.29 is 165 Å². The highest BCUT2D eigenvalue weighted by Gasteiger charge is 2.72. The molecule has 23 N–H and O–H groups in total. The number of ether oxygens (including phenoxy) is 10. The maximum atomic E-state index is 11.8. The van der Waals surface area contributed by atoms with Gasteiger partial charge in [-0.25, -0.2) is 0 Å². The Labute approximate surface area is 723 Å². The van der Waals surface area contributed by atoms with Crippen molar-refractivity contribution >= 4 is 0 Å². The third kappa shape index (κ3) is 18.0. The van der Waals surface area contributed by atoms with E-state index in [1.54, 1.807) is 27.7 Å². The van der Waals surface area contributed by atoms with E-state index >= 15 is 0 Å². The van der Waals surface area contributed by atoms with Gasteiger partial charge in [0.1, 0.15) is 122 Å². The van der Waals surface area contributed by atoms with E-state index in [2.05, 4.69) is 69.2 Å². The zero-order valence-electron chi connectivity index (χ0n) is 74.6. The van der Waals surface area contributed by atoms with E-state index in [0.29, 0.717) is 42.9 Å². The van der Waals surface area contributed by atoms with Crippen LogP contribution in [-0.4, -0.2) is 353 Å². The molecule has 0 aromatic rings. The molecular weight excluding hydrogens is 1610 g/mol. The number of hydrogen-bond acceptors (Lipinski definition) is 33. The van der Waals surface area contributed by atoms with Crippen LogP contribution in [0.3, 0.4) is 0 Å². The van der Waals surface area contributed by atoms with Crippen LogP contribution in [0.2, 0.25) is 0 Å². The molecule has 0 aromatic heterocycles. The summed E-state index contributed by atoms with van der Waals surface area (Å²) in [6.07, 6.45) is -22.7. The van der Waals surface area contributed by atoms with Gasteiger partial charge in [0.2, 0.25) is 0 Å². The quantitative estimate of drug-likeness (QED) is 0.0425. The average Bonchev–Trinajstić information content (AvgIpc) is 1.66. The van der Waals surface area contributed by atoms with E-state index in [9.17, 15) is 117 Å². The first-order chi connectivity index (χ1) is 57.4. The maximum Gasteiger partial charge on any atom is 0.187 e. The van der Waals surface area contributed by atoms with Crippen LogP contribution in [0.1, 0.15) is 213 Å². The molecule has 0 spiro atoms. The highest BCUT2D eigenvalue weighted by Crippen LogP contribution is 2.78. The van der Waals surface area contributed by atoms with Crippen LogP contribution in [0.25, 0.3) is 0 Å². The molecule has 8 aliphatic carbocycles. The minimum absolute atomic E-state index is 0.0102. The molecule has 5 heterocycles. The second-order valence-corrected chi connectivity index (χ2v) is 43.1. The molecule has 5 aliphatic heterocycles. The lowest BCUT2D eigenvalue weighted by molar-refractivity contribution is -0.382. The van der Waals surface area contributed by atoms with Gasteiger partial charge in [-0.05, 0) is 245 Å². The van der Waals surface area contributed by atoms with Gasteiger partial charge in [-0.15, -0.1) is 0 Å². The third-order valence-corrected chi connectivity index (χ3v) is 35.4. The molecule has 33 heteroatoms. The maximum absolute atomic E-state index is 11.8. The molecule has 13 fully saturated rings. The largest absolute Gasteiger partial charge is 0.394 e. The van der Waals surface area contributed by atoms with E-state index in [-0.39, 0.29) is 87.3 Å². The Morgan fingerprint density at radius 1 is 0.341 bits per heavy atom. The van der Waals surface area contributed by atoms with Crippen molar-refractivity contribution in [2.45, 2.75) is 402 Å². The molecule has 5 unspecified atom stereocenters. The van der Waals surface area contributed by atoms with E-state index < -0.39 is 221 Å². The fourth-order valence-electron chi connectivity index (χ4n) is 27.6. The third-order valence-electron chi connectivity index (χ3n) is 35.4. The van der Waals surface area contributed by atoms with Gasteiger partial charge >= 0.3 is 0 Å². The Balaban J connectivity index is 0.000000228. The van der Waals surface area contributed by atoms with Crippen molar-refractivity contribution in [2.75, 3.05) is 46.2 Å². The summed E-state index contributed by atoms with van der Waals surface area (Å²) < 4.78 is 60.6. The molecule has 43 atom stereocenters. The Morgan fingerprint density at radius 2 is 0.650 bits per heavy atom. The van der Waals surface area contributed by atoms with Crippen LogP contribution in [-0.2, 0) is 47.4 Å². The first-order valence-electron chi connectivity index (χ1n) is 45.6. The molecule has 0 aromatic carbocycles. The normalized spacial score (nSPS) is 50.5.